The zero-order chi connectivity index (χ0) is 23.1. The zero-order valence-corrected chi connectivity index (χ0v) is 18.0. The highest BCUT2D eigenvalue weighted by molar-refractivity contribution is 6.34. The fourth-order valence-electron chi connectivity index (χ4n) is 3.83. The van der Waals surface area contributed by atoms with E-state index in [-0.39, 0.29) is 34.5 Å². The SMILES string of the molecule is O=C(NCCF)c1ccc2c(c1)CN(C1=NOC(c3cc(Cl)cc(Cl)c3)(C(F)(F)F)C1)C2. The Labute approximate surface area is 190 Å². The van der Waals surface area contributed by atoms with Crippen LogP contribution < -0.4 is 5.32 Å². The molecule has 1 unspecified atom stereocenters. The molecule has 2 heterocycles. The Hall–Kier alpha value is -2.52. The molecule has 2 aromatic rings. The molecule has 0 bridgehead atoms. The Morgan fingerprint density at radius 1 is 1.12 bits per heavy atom. The summed E-state index contributed by atoms with van der Waals surface area (Å²) in [4.78, 5) is 18.8. The average Bonchev–Trinajstić information content (AvgIpc) is 3.35. The maximum Gasteiger partial charge on any atom is 0.435 e. The second kappa shape index (κ2) is 8.44. The first-order chi connectivity index (χ1) is 15.1. The van der Waals surface area contributed by atoms with E-state index in [1.807, 2.05) is 0 Å². The summed E-state index contributed by atoms with van der Waals surface area (Å²) in [7, 11) is 0. The van der Waals surface area contributed by atoms with Gasteiger partial charge in [-0.1, -0.05) is 34.4 Å². The summed E-state index contributed by atoms with van der Waals surface area (Å²) < 4.78 is 54.8. The summed E-state index contributed by atoms with van der Waals surface area (Å²) >= 11 is 11.9. The molecule has 0 radical (unpaired) electrons. The Bertz CT molecular complexity index is 1070. The molecule has 1 N–H and O–H groups in total. The molecule has 0 aromatic heterocycles. The normalized spacial score (nSPS) is 20.1. The van der Waals surface area contributed by atoms with Crippen LogP contribution in [0.15, 0.2) is 41.6 Å². The summed E-state index contributed by atoms with van der Waals surface area (Å²) in [6.45, 7) is -0.202. The minimum atomic E-state index is -4.78. The molecular weight excluding hydrogens is 473 g/mol. The van der Waals surface area contributed by atoms with Gasteiger partial charge < -0.3 is 15.1 Å². The first-order valence-electron chi connectivity index (χ1n) is 9.62. The van der Waals surface area contributed by atoms with Gasteiger partial charge in [0.25, 0.3) is 11.5 Å². The number of nitrogens with zero attached hydrogens (tertiary/aromatic N) is 2. The Morgan fingerprint density at radius 2 is 1.81 bits per heavy atom. The van der Waals surface area contributed by atoms with Crippen molar-refractivity contribution in [1.29, 1.82) is 0 Å². The number of alkyl halides is 4. The molecule has 0 aliphatic carbocycles. The number of amidine groups is 1. The Morgan fingerprint density at radius 3 is 2.47 bits per heavy atom. The first kappa shape index (κ1) is 22.7. The third-order valence-electron chi connectivity index (χ3n) is 5.44. The monoisotopic (exact) mass is 489 g/mol. The van der Waals surface area contributed by atoms with Crippen molar-refractivity contribution in [3.05, 3.63) is 68.7 Å². The molecule has 2 aromatic carbocycles. The molecule has 5 nitrogen and oxygen atoms in total. The Balaban J connectivity index is 1.56. The van der Waals surface area contributed by atoms with Crippen molar-refractivity contribution in [2.75, 3.05) is 13.2 Å². The van der Waals surface area contributed by atoms with Crippen LogP contribution in [0.5, 0.6) is 0 Å². The molecule has 1 atom stereocenters. The van der Waals surface area contributed by atoms with E-state index in [0.29, 0.717) is 12.1 Å². The van der Waals surface area contributed by atoms with Gasteiger partial charge in [0.05, 0.1) is 6.42 Å². The van der Waals surface area contributed by atoms with Crippen molar-refractivity contribution < 1.29 is 27.2 Å². The first-order valence-corrected chi connectivity index (χ1v) is 10.4. The smallest absolute Gasteiger partial charge is 0.372 e. The molecule has 4 rings (SSSR count). The van der Waals surface area contributed by atoms with Crippen molar-refractivity contribution >= 4 is 34.9 Å². The minimum Gasteiger partial charge on any atom is -0.372 e. The largest absolute Gasteiger partial charge is 0.435 e. The van der Waals surface area contributed by atoms with Crippen molar-refractivity contribution in [3.63, 3.8) is 0 Å². The van der Waals surface area contributed by atoms with Gasteiger partial charge in [0.2, 0.25) is 0 Å². The number of nitrogens with one attached hydrogen (secondary N) is 1. The number of carbonyl (C=O) groups excluding carboxylic acids is 1. The van der Waals surface area contributed by atoms with Gasteiger partial charge in [-0.2, -0.15) is 13.2 Å². The topological polar surface area (TPSA) is 53.9 Å². The maximum absolute atomic E-state index is 14.2. The molecule has 170 valence electrons. The lowest BCUT2D eigenvalue weighted by Crippen LogP contribution is -2.43. The van der Waals surface area contributed by atoms with Crippen LogP contribution in [-0.4, -0.2) is 36.0 Å². The van der Waals surface area contributed by atoms with Gasteiger partial charge in [0.1, 0.15) is 12.5 Å². The summed E-state index contributed by atoms with van der Waals surface area (Å²) in [6.07, 6.45) is -5.33. The highest BCUT2D eigenvalue weighted by Crippen LogP contribution is 2.49. The standard InChI is InChI=1S/C21H17Cl2F4N3O2/c22-16-6-15(7-17(23)8-16)20(21(25,26)27)9-18(29-32-20)30-10-13-2-1-12(5-14(13)11-30)19(31)28-4-3-24/h1-2,5-8H,3-4,9-11H2,(H,28,31). The summed E-state index contributed by atoms with van der Waals surface area (Å²) in [5.41, 5.74) is -0.962. The third-order valence-corrected chi connectivity index (χ3v) is 5.87. The van der Waals surface area contributed by atoms with Gasteiger partial charge in [-0.05, 0) is 41.5 Å². The number of amides is 1. The summed E-state index contributed by atoms with van der Waals surface area (Å²) in [5.74, 6) is -0.294. The number of oxime groups is 1. The maximum atomic E-state index is 14.2. The van der Waals surface area contributed by atoms with Gasteiger partial charge in [0.15, 0.2) is 0 Å². The van der Waals surface area contributed by atoms with E-state index in [4.69, 9.17) is 28.0 Å². The number of hydrogen-bond acceptors (Lipinski definition) is 4. The lowest BCUT2D eigenvalue weighted by molar-refractivity contribution is -0.275. The van der Waals surface area contributed by atoms with Gasteiger partial charge in [-0.3, -0.25) is 4.79 Å². The molecular formula is C21H17Cl2F4N3O2. The lowest BCUT2D eigenvalue weighted by atomic mass is 9.89. The summed E-state index contributed by atoms with van der Waals surface area (Å²) in [5, 5.41) is 6.32. The number of rotatable bonds is 4. The van der Waals surface area contributed by atoms with Crippen LogP contribution in [0.4, 0.5) is 17.6 Å². The molecule has 2 aliphatic heterocycles. The fraction of sp³-hybridized carbons (Fsp3) is 0.333. The van der Waals surface area contributed by atoms with Gasteiger partial charge in [-0.15, -0.1) is 0 Å². The number of halogens is 6. The van der Waals surface area contributed by atoms with E-state index in [9.17, 15) is 22.4 Å². The molecule has 1 amide bonds. The molecule has 0 saturated heterocycles. The van der Waals surface area contributed by atoms with E-state index in [2.05, 4.69) is 10.5 Å². The predicted molar refractivity (Wildman–Crippen MR) is 111 cm³/mol. The van der Waals surface area contributed by atoms with Crippen molar-refractivity contribution in [2.24, 2.45) is 5.16 Å². The fourth-order valence-corrected chi connectivity index (χ4v) is 4.35. The molecule has 32 heavy (non-hydrogen) atoms. The van der Waals surface area contributed by atoms with Crippen LogP contribution >= 0.6 is 23.2 Å². The van der Waals surface area contributed by atoms with Crippen LogP contribution in [0.1, 0.15) is 33.5 Å². The zero-order valence-electron chi connectivity index (χ0n) is 16.5. The average molecular weight is 490 g/mol. The quantitative estimate of drug-likeness (QED) is 0.600. The number of fused-ring (bicyclic) bond motifs is 1. The third kappa shape index (κ3) is 4.11. The highest BCUT2D eigenvalue weighted by atomic mass is 35.5. The minimum absolute atomic E-state index is 0.0559. The van der Waals surface area contributed by atoms with E-state index in [1.54, 1.807) is 23.1 Å². The lowest BCUT2D eigenvalue weighted by Gasteiger charge is -2.30. The van der Waals surface area contributed by atoms with E-state index in [1.165, 1.54) is 18.2 Å². The molecule has 0 saturated carbocycles. The van der Waals surface area contributed by atoms with Crippen LogP contribution in [0.3, 0.4) is 0 Å². The Kier molecular flexibility index (Phi) is 5.98. The molecule has 0 spiro atoms. The predicted octanol–water partition coefficient (Wildman–Crippen LogP) is 5.20. The van der Waals surface area contributed by atoms with Crippen LogP contribution in [-0.2, 0) is 23.5 Å². The van der Waals surface area contributed by atoms with Crippen molar-refractivity contribution in [1.82, 2.24) is 10.2 Å². The van der Waals surface area contributed by atoms with Crippen LogP contribution in [0.25, 0.3) is 0 Å². The number of hydrogen-bond donors (Lipinski definition) is 1. The van der Waals surface area contributed by atoms with Gasteiger partial charge in [-0.25, -0.2) is 4.39 Å². The molecule has 2 aliphatic rings. The highest BCUT2D eigenvalue weighted by Gasteiger charge is 2.63. The molecule has 11 heteroatoms. The number of carbonyl (C=O) groups is 1. The van der Waals surface area contributed by atoms with Crippen LogP contribution in [0.2, 0.25) is 10.0 Å². The van der Waals surface area contributed by atoms with E-state index >= 15 is 0 Å². The van der Waals surface area contributed by atoms with Crippen molar-refractivity contribution in [3.8, 4) is 0 Å². The van der Waals surface area contributed by atoms with Crippen LogP contribution in [0, 0.1) is 0 Å². The summed E-state index contributed by atoms with van der Waals surface area (Å²) in [6, 6.07) is 8.64. The van der Waals surface area contributed by atoms with E-state index in [0.717, 1.165) is 11.1 Å². The second-order valence-corrected chi connectivity index (χ2v) is 8.42. The van der Waals surface area contributed by atoms with Gasteiger partial charge >= 0.3 is 6.18 Å². The van der Waals surface area contributed by atoms with E-state index < -0.39 is 30.8 Å². The van der Waals surface area contributed by atoms with Gasteiger partial charge in [0, 0.05) is 40.8 Å². The second-order valence-electron chi connectivity index (χ2n) is 7.54. The molecule has 0 fully saturated rings. The number of benzene rings is 2. The van der Waals surface area contributed by atoms with Crippen molar-refractivity contribution in [2.45, 2.75) is 31.3 Å².